The number of nitrogens with two attached hydrogens (primary N) is 1. The van der Waals surface area contributed by atoms with Gasteiger partial charge in [0.1, 0.15) is 5.75 Å². The summed E-state index contributed by atoms with van der Waals surface area (Å²) in [6.07, 6.45) is 0. The van der Waals surface area contributed by atoms with E-state index in [1.54, 1.807) is 6.92 Å². The molecular formula is C17H17N3O6. The van der Waals surface area contributed by atoms with Gasteiger partial charge in [0.15, 0.2) is 6.61 Å². The van der Waals surface area contributed by atoms with Crippen LogP contribution in [0.2, 0.25) is 0 Å². The zero-order valence-electron chi connectivity index (χ0n) is 14.1. The smallest absolute Gasteiger partial charge is 0.338 e. The van der Waals surface area contributed by atoms with Crippen LogP contribution >= 0.6 is 0 Å². The van der Waals surface area contributed by atoms with E-state index < -0.39 is 23.4 Å². The number of ether oxygens (including phenoxy) is 2. The zero-order valence-corrected chi connectivity index (χ0v) is 14.1. The minimum atomic E-state index is -0.731. The molecule has 0 atom stereocenters. The Morgan fingerprint density at radius 1 is 1.23 bits per heavy atom. The van der Waals surface area contributed by atoms with Crippen LogP contribution in [0.5, 0.6) is 5.75 Å². The van der Waals surface area contributed by atoms with Crippen molar-refractivity contribution in [1.82, 2.24) is 0 Å². The topological polar surface area (TPSA) is 134 Å². The van der Waals surface area contributed by atoms with E-state index in [0.717, 1.165) is 0 Å². The van der Waals surface area contributed by atoms with Crippen LogP contribution in [0.15, 0.2) is 36.4 Å². The van der Waals surface area contributed by atoms with E-state index in [1.807, 2.05) is 0 Å². The summed E-state index contributed by atoms with van der Waals surface area (Å²) in [5.41, 5.74) is 6.90. The van der Waals surface area contributed by atoms with Crippen molar-refractivity contribution in [3.63, 3.8) is 0 Å². The Morgan fingerprint density at radius 3 is 2.58 bits per heavy atom. The predicted octanol–water partition coefficient (Wildman–Crippen LogP) is 2.29. The molecule has 2 rings (SSSR count). The molecule has 2 aromatic rings. The van der Waals surface area contributed by atoms with Gasteiger partial charge in [-0.3, -0.25) is 14.9 Å². The number of nitrogens with zero attached hydrogens (tertiary/aromatic N) is 1. The van der Waals surface area contributed by atoms with Crippen LogP contribution < -0.4 is 15.8 Å². The Kier molecular flexibility index (Phi) is 5.74. The SMILES string of the molecule is COc1ccc(C(=O)OCC(=O)Nc2cc([N+](=O)[O-])ccc2C)cc1N. The van der Waals surface area contributed by atoms with Crippen LogP contribution in [0, 0.1) is 17.0 Å². The Balaban J connectivity index is 1.98. The summed E-state index contributed by atoms with van der Waals surface area (Å²) in [4.78, 5) is 34.2. The van der Waals surface area contributed by atoms with Crippen LogP contribution in [0.4, 0.5) is 17.1 Å². The summed E-state index contributed by atoms with van der Waals surface area (Å²) in [7, 11) is 1.45. The number of rotatable bonds is 6. The molecule has 0 aliphatic heterocycles. The molecule has 26 heavy (non-hydrogen) atoms. The highest BCUT2D eigenvalue weighted by Gasteiger charge is 2.14. The largest absolute Gasteiger partial charge is 0.495 e. The summed E-state index contributed by atoms with van der Waals surface area (Å²) < 4.78 is 9.92. The predicted molar refractivity (Wildman–Crippen MR) is 94.2 cm³/mol. The number of nitro groups is 1. The molecule has 9 heteroatoms. The standard InChI is InChI=1S/C17H17N3O6/c1-10-3-5-12(20(23)24)8-14(10)19-16(21)9-26-17(22)11-4-6-15(25-2)13(18)7-11/h3-8H,9,18H2,1-2H3,(H,19,21). The van der Waals surface area contributed by atoms with Crippen LogP contribution in [-0.2, 0) is 9.53 Å². The second-order valence-corrected chi connectivity index (χ2v) is 5.34. The number of carbonyl (C=O) groups excluding carboxylic acids is 2. The van der Waals surface area contributed by atoms with Gasteiger partial charge in [-0.1, -0.05) is 6.07 Å². The lowest BCUT2D eigenvalue weighted by atomic mass is 10.2. The molecule has 0 saturated heterocycles. The number of hydrogen-bond acceptors (Lipinski definition) is 7. The van der Waals surface area contributed by atoms with E-state index in [4.69, 9.17) is 15.2 Å². The number of benzene rings is 2. The number of anilines is 2. The molecule has 0 aliphatic carbocycles. The highest BCUT2D eigenvalue weighted by atomic mass is 16.6. The second kappa shape index (κ2) is 7.97. The molecule has 2 aromatic carbocycles. The quantitative estimate of drug-likeness (QED) is 0.350. The minimum absolute atomic E-state index is 0.156. The maximum atomic E-state index is 12.0. The summed E-state index contributed by atoms with van der Waals surface area (Å²) in [5.74, 6) is -0.936. The normalized spacial score (nSPS) is 10.1. The fraction of sp³-hybridized carbons (Fsp3) is 0.176. The fourth-order valence-corrected chi connectivity index (χ4v) is 2.12. The van der Waals surface area contributed by atoms with E-state index >= 15 is 0 Å². The number of carbonyl (C=O) groups is 2. The molecular weight excluding hydrogens is 342 g/mol. The van der Waals surface area contributed by atoms with Gasteiger partial charge in [-0.05, 0) is 30.7 Å². The van der Waals surface area contributed by atoms with Crippen molar-refractivity contribution < 1.29 is 24.0 Å². The number of amides is 1. The second-order valence-electron chi connectivity index (χ2n) is 5.34. The molecule has 0 saturated carbocycles. The van der Waals surface area contributed by atoms with E-state index in [-0.39, 0.29) is 22.6 Å². The van der Waals surface area contributed by atoms with Gasteiger partial charge in [-0.2, -0.15) is 0 Å². The first kappa shape index (κ1) is 18.7. The average Bonchev–Trinajstić information content (AvgIpc) is 2.61. The van der Waals surface area contributed by atoms with Crippen molar-refractivity contribution in [3.8, 4) is 5.75 Å². The lowest BCUT2D eigenvalue weighted by Crippen LogP contribution is -2.21. The number of hydrogen-bond donors (Lipinski definition) is 2. The first-order chi connectivity index (χ1) is 12.3. The van der Waals surface area contributed by atoms with Crippen LogP contribution in [0.25, 0.3) is 0 Å². The van der Waals surface area contributed by atoms with Gasteiger partial charge in [0.05, 0.1) is 29.0 Å². The number of nitrogens with one attached hydrogen (secondary N) is 1. The van der Waals surface area contributed by atoms with Crippen molar-refractivity contribution in [2.45, 2.75) is 6.92 Å². The molecule has 3 N–H and O–H groups in total. The monoisotopic (exact) mass is 359 g/mol. The van der Waals surface area contributed by atoms with Crippen molar-refractivity contribution >= 4 is 28.9 Å². The summed E-state index contributed by atoms with van der Waals surface area (Å²) in [5, 5.41) is 13.3. The maximum Gasteiger partial charge on any atom is 0.338 e. The fourth-order valence-electron chi connectivity index (χ4n) is 2.12. The lowest BCUT2D eigenvalue weighted by Gasteiger charge is -2.10. The Bertz CT molecular complexity index is 866. The van der Waals surface area contributed by atoms with Gasteiger partial charge >= 0.3 is 5.97 Å². The van der Waals surface area contributed by atoms with Gasteiger partial charge in [-0.15, -0.1) is 0 Å². The van der Waals surface area contributed by atoms with Gasteiger partial charge < -0.3 is 20.5 Å². The number of nitrogen functional groups attached to an aromatic ring is 1. The number of aryl methyl sites for hydroxylation is 1. The van der Waals surface area contributed by atoms with E-state index in [0.29, 0.717) is 11.3 Å². The van der Waals surface area contributed by atoms with Crippen molar-refractivity contribution in [2.75, 3.05) is 24.8 Å². The Morgan fingerprint density at radius 2 is 1.96 bits per heavy atom. The van der Waals surface area contributed by atoms with Gasteiger partial charge in [-0.25, -0.2) is 4.79 Å². The molecule has 0 bridgehead atoms. The van der Waals surface area contributed by atoms with E-state index in [2.05, 4.69) is 5.32 Å². The average molecular weight is 359 g/mol. The molecule has 0 aromatic heterocycles. The Labute approximate surface area is 148 Å². The molecule has 0 unspecified atom stereocenters. The minimum Gasteiger partial charge on any atom is -0.495 e. The molecule has 0 heterocycles. The van der Waals surface area contributed by atoms with Gasteiger partial charge in [0.2, 0.25) is 0 Å². The van der Waals surface area contributed by atoms with Crippen molar-refractivity contribution in [1.29, 1.82) is 0 Å². The Hall–Kier alpha value is -3.62. The van der Waals surface area contributed by atoms with E-state index in [9.17, 15) is 19.7 Å². The molecule has 0 aliphatic rings. The number of methoxy groups -OCH3 is 1. The van der Waals surface area contributed by atoms with Crippen molar-refractivity contribution in [2.24, 2.45) is 0 Å². The zero-order chi connectivity index (χ0) is 19.3. The number of nitro benzene ring substituents is 1. The third kappa shape index (κ3) is 4.47. The molecule has 0 radical (unpaired) electrons. The summed E-state index contributed by atoms with van der Waals surface area (Å²) in [6.45, 7) is 1.14. The highest BCUT2D eigenvalue weighted by molar-refractivity contribution is 5.96. The molecule has 9 nitrogen and oxygen atoms in total. The molecule has 0 fully saturated rings. The molecule has 1 amide bonds. The number of esters is 1. The summed E-state index contributed by atoms with van der Waals surface area (Å²) in [6, 6.07) is 8.43. The molecule has 136 valence electrons. The maximum absolute atomic E-state index is 12.0. The van der Waals surface area contributed by atoms with Gasteiger partial charge in [0.25, 0.3) is 11.6 Å². The summed E-state index contributed by atoms with van der Waals surface area (Å²) >= 11 is 0. The number of non-ortho nitro benzene ring substituents is 1. The van der Waals surface area contributed by atoms with Crippen LogP contribution in [0.1, 0.15) is 15.9 Å². The van der Waals surface area contributed by atoms with Crippen molar-refractivity contribution in [3.05, 3.63) is 57.6 Å². The third-order valence-electron chi connectivity index (χ3n) is 3.51. The molecule has 0 spiro atoms. The lowest BCUT2D eigenvalue weighted by molar-refractivity contribution is -0.384. The highest BCUT2D eigenvalue weighted by Crippen LogP contribution is 2.23. The van der Waals surface area contributed by atoms with Gasteiger partial charge in [0, 0.05) is 12.1 Å². The third-order valence-corrected chi connectivity index (χ3v) is 3.51. The van der Waals surface area contributed by atoms with E-state index in [1.165, 1.54) is 43.5 Å². The van der Waals surface area contributed by atoms with Crippen LogP contribution in [0.3, 0.4) is 0 Å². The first-order valence-electron chi connectivity index (χ1n) is 7.47. The van der Waals surface area contributed by atoms with Crippen LogP contribution in [-0.4, -0.2) is 30.5 Å². The first-order valence-corrected chi connectivity index (χ1v) is 7.47.